The highest BCUT2D eigenvalue weighted by atomic mass is 127. The first kappa shape index (κ1) is 11.5. The maximum atomic E-state index is 5.96. The van der Waals surface area contributed by atoms with Gasteiger partial charge in [0.05, 0.1) is 10.7 Å². The fraction of sp³-hybridized carbons (Fsp3) is 0. The van der Waals surface area contributed by atoms with E-state index in [1.165, 1.54) is 3.57 Å². The molecule has 0 fully saturated rings. The van der Waals surface area contributed by atoms with E-state index in [1.54, 1.807) is 6.07 Å². The van der Waals surface area contributed by atoms with Crippen molar-refractivity contribution in [1.82, 2.24) is 0 Å². The van der Waals surface area contributed by atoms with Crippen molar-refractivity contribution in [2.24, 2.45) is 10.2 Å². The fourth-order valence-corrected chi connectivity index (χ4v) is 1.69. The van der Waals surface area contributed by atoms with Crippen LogP contribution in [-0.2, 0) is 0 Å². The third-order valence-electron chi connectivity index (χ3n) is 1.95. The van der Waals surface area contributed by atoms with Crippen LogP contribution in [0.2, 0.25) is 5.02 Å². The molecule has 0 heterocycles. The first-order chi connectivity index (χ1) is 7.75. The zero-order valence-electron chi connectivity index (χ0n) is 8.27. The summed E-state index contributed by atoms with van der Waals surface area (Å²) in [5.74, 6) is 0. The van der Waals surface area contributed by atoms with Crippen molar-refractivity contribution < 1.29 is 0 Å². The van der Waals surface area contributed by atoms with Crippen molar-refractivity contribution in [3.63, 3.8) is 0 Å². The zero-order chi connectivity index (χ0) is 11.4. The van der Waals surface area contributed by atoms with Gasteiger partial charge in [-0.25, -0.2) is 0 Å². The summed E-state index contributed by atoms with van der Waals surface area (Å²) in [7, 11) is 0. The Morgan fingerprint density at radius 1 is 0.875 bits per heavy atom. The number of halogens is 2. The summed E-state index contributed by atoms with van der Waals surface area (Å²) in [5, 5.41) is 8.82. The molecule has 0 bridgehead atoms. The van der Waals surface area contributed by atoms with Crippen LogP contribution in [0.1, 0.15) is 0 Å². The highest BCUT2D eigenvalue weighted by Crippen LogP contribution is 2.26. The Morgan fingerprint density at radius 2 is 1.56 bits per heavy atom. The van der Waals surface area contributed by atoms with Crippen LogP contribution < -0.4 is 0 Å². The molecule has 0 aliphatic rings. The van der Waals surface area contributed by atoms with Crippen LogP contribution >= 0.6 is 34.2 Å². The molecule has 2 aromatic rings. The van der Waals surface area contributed by atoms with Crippen LogP contribution in [0.3, 0.4) is 0 Å². The number of benzene rings is 2. The predicted molar refractivity (Wildman–Crippen MR) is 74.8 cm³/mol. The third kappa shape index (κ3) is 3.02. The number of nitrogens with zero attached hydrogens (tertiary/aromatic N) is 2. The van der Waals surface area contributed by atoms with Crippen LogP contribution in [0.25, 0.3) is 0 Å². The summed E-state index contributed by atoms with van der Waals surface area (Å²) in [6, 6.07) is 15.2. The topological polar surface area (TPSA) is 24.7 Å². The maximum Gasteiger partial charge on any atom is 0.104 e. The molecule has 4 heteroatoms. The van der Waals surface area contributed by atoms with Gasteiger partial charge in [0.1, 0.15) is 5.69 Å². The molecule has 0 radical (unpaired) electrons. The molecule has 0 aliphatic heterocycles. The van der Waals surface area contributed by atoms with Crippen molar-refractivity contribution in [2.75, 3.05) is 0 Å². The molecule has 0 spiro atoms. The second kappa shape index (κ2) is 5.41. The number of rotatable bonds is 2. The van der Waals surface area contributed by atoms with Crippen molar-refractivity contribution >= 4 is 45.6 Å². The Hall–Kier alpha value is -0.940. The fourth-order valence-electron chi connectivity index (χ4n) is 1.15. The lowest BCUT2D eigenvalue weighted by Crippen LogP contribution is -1.68. The minimum absolute atomic E-state index is 0.608. The van der Waals surface area contributed by atoms with Gasteiger partial charge in [0.2, 0.25) is 0 Å². The Balaban J connectivity index is 2.21. The molecule has 80 valence electrons. The standard InChI is InChI=1S/C12H8ClIN2/c13-11-3-1-2-4-12(11)16-15-10-7-5-9(14)6-8-10/h1-8H. The van der Waals surface area contributed by atoms with E-state index in [4.69, 9.17) is 11.6 Å². The molecule has 0 aromatic heterocycles. The van der Waals surface area contributed by atoms with E-state index in [0.29, 0.717) is 10.7 Å². The molecule has 0 N–H and O–H groups in total. The van der Waals surface area contributed by atoms with Crippen LogP contribution in [0.5, 0.6) is 0 Å². The smallest absolute Gasteiger partial charge is 0.104 e. The van der Waals surface area contributed by atoms with Crippen molar-refractivity contribution in [3.05, 3.63) is 57.1 Å². The van der Waals surface area contributed by atoms with Crippen LogP contribution in [0, 0.1) is 3.57 Å². The summed E-state index contributed by atoms with van der Waals surface area (Å²) in [5.41, 5.74) is 1.50. The molecule has 2 aromatic carbocycles. The monoisotopic (exact) mass is 342 g/mol. The highest BCUT2D eigenvalue weighted by Gasteiger charge is 1.95. The maximum absolute atomic E-state index is 5.96. The lowest BCUT2D eigenvalue weighted by Gasteiger charge is -1.95. The first-order valence-corrected chi connectivity index (χ1v) is 6.13. The molecular formula is C12H8ClIN2. The van der Waals surface area contributed by atoms with Gasteiger partial charge in [0, 0.05) is 3.57 Å². The highest BCUT2D eigenvalue weighted by molar-refractivity contribution is 14.1. The Kier molecular flexibility index (Phi) is 3.90. The molecule has 16 heavy (non-hydrogen) atoms. The number of hydrogen-bond donors (Lipinski definition) is 0. The van der Waals surface area contributed by atoms with Crippen molar-refractivity contribution in [1.29, 1.82) is 0 Å². The lowest BCUT2D eigenvalue weighted by atomic mass is 10.3. The summed E-state index contributed by atoms with van der Waals surface area (Å²) in [6.45, 7) is 0. The average molecular weight is 343 g/mol. The number of azo groups is 1. The quantitative estimate of drug-likeness (QED) is 0.518. The second-order valence-electron chi connectivity index (χ2n) is 3.13. The van der Waals surface area contributed by atoms with Gasteiger partial charge in [-0.1, -0.05) is 23.7 Å². The molecule has 2 rings (SSSR count). The third-order valence-corrected chi connectivity index (χ3v) is 2.99. The van der Waals surface area contributed by atoms with Crippen LogP contribution in [-0.4, -0.2) is 0 Å². The largest absolute Gasteiger partial charge is 0.151 e. The molecule has 0 amide bonds. The van der Waals surface area contributed by atoms with Gasteiger partial charge in [-0.2, -0.15) is 5.11 Å². The lowest BCUT2D eigenvalue weighted by molar-refractivity contribution is 1.23. The van der Waals surface area contributed by atoms with E-state index >= 15 is 0 Å². The summed E-state index contributed by atoms with van der Waals surface area (Å²) in [6.07, 6.45) is 0. The zero-order valence-corrected chi connectivity index (χ0v) is 11.2. The van der Waals surface area contributed by atoms with Gasteiger partial charge in [-0.15, -0.1) is 5.11 Å². The van der Waals surface area contributed by atoms with E-state index in [1.807, 2.05) is 42.5 Å². The van der Waals surface area contributed by atoms with Gasteiger partial charge < -0.3 is 0 Å². The van der Waals surface area contributed by atoms with E-state index in [0.717, 1.165) is 5.69 Å². The second-order valence-corrected chi connectivity index (χ2v) is 4.78. The summed E-state index contributed by atoms with van der Waals surface area (Å²) < 4.78 is 1.18. The summed E-state index contributed by atoms with van der Waals surface area (Å²) >= 11 is 8.21. The molecule has 2 nitrogen and oxygen atoms in total. The van der Waals surface area contributed by atoms with E-state index in [9.17, 15) is 0 Å². The van der Waals surface area contributed by atoms with Crippen molar-refractivity contribution in [3.8, 4) is 0 Å². The van der Waals surface area contributed by atoms with Gasteiger partial charge >= 0.3 is 0 Å². The van der Waals surface area contributed by atoms with Crippen LogP contribution in [0.4, 0.5) is 11.4 Å². The van der Waals surface area contributed by atoms with Crippen molar-refractivity contribution in [2.45, 2.75) is 0 Å². The van der Waals surface area contributed by atoms with Gasteiger partial charge in [-0.05, 0) is 59.0 Å². The molecule has 0 saturated carbocycles. The summed E-state index contributed by atoms with van der Waals surface area (Å²) in [4.78, 5) is 0. The minimum atomic E-state index is 0.608. The Bertz CT molecular complexity index is 509. The van der Waals surface area contributed by atoms with Crippen LogP contribution in [0.15, 0.2) is 58.8 Å². The molecule has 0 aliphatic carbocycles. The molecule has 0 saturated heterocycles. The van der Waals surface area contributed by atoms with Gasteiger partial charge in [0.15, 0.2) is 0 Å². The first-order valence-electron chi connectivity index (χ1n) is 4.67. The number of hydrogen-bond acceptors (Lipinski definition) is 2. The Morgan fingerprint density at radius 3 is 2.25 bits per heavy atom. The van der Waals surface area contributed by atoms with Gasteiger partial charge in [0.25, 0.3) is 0 Å². The minimum Gasteiger partial charge on any atom is -0.151 e. The van der Waals surface area contributed by atoms with E-state index < -0.39 is 0 Å². The SMILES string of the molecule is Clc1ccccc1N=Nc1ccc(I)cc1. The Labute approximate surface area is 113 Å². The molecular weight excluding hydrogens is 335 g/mol. The molecule has 0 unspecified atom stereocenters. The van der Waals surface area contributed by atoms with E-state index in [-0.39, 0.29) is 0 Å². The predicted octanol–water partition coefficient (Wildman–Crippen LogP) is 5.36. The van der Waals surface area contributed by atoms with Gasteiger partial charge in [-0.3, -0.25) is 0 Å². The average Bonchev–Trinajstić information content (AvgIpc) is 2.30. The van der Waals surface area contributed by atoms with E-state index in [2.05, 4.69) is 32.8 Å². The normalized spacial score (nSPS) is 10.9. The molecule has 0 atom stereocenters.